The zero-order valence-corrected chi connectivity index (χ0v) is 20.4. The minimum absolute atomic E-state index is 0.0772. The van der Waals surface area contributed by atoms with Crippen LogP contribution in [0.25, 0.3) is 0 Å². The van der Waals surface area contributed by atoms with Crippen LogP contribution < -0.4 is 10.7 Å². The zero-order chi connectivity index (χ0) is 27.8. The SMILES string of the molecule is C[C@@H](OC[C@@]1(c2ccccc2)CC[C@@](CO)(N2C=NNC2O)CN1)c1cc(C(F)(F)F)cc(C(F)(F)F)c1. The lowest BCUT2D eigenvalue weighted by Crippen LogP contribution is -2.67. The van der Waals surface area contributed by atoms with Gasteiger partial charge in [0, 0.05) is 6.54 Å². The molecule has 1 fully saturated rings. The third-order valence-electron chi connectivity index (χ3n) is 7.24. The van der Waals surface area contributed by atoms with Crippen molar-refractivity contribution in [2.24, 2.45) is 5.10 Å². The lowest BCUT2D eigenvalue weighted by molar-refractivity contribution is -0.143. The van der Waals surface area contributed by atoms with E-state index in [9.17, 15) is 36.6 Å². The number of piperidine rings is 1. The molecule has 38 heavy (non-hydrogen) atoms. The van der Waals surface area contributed by atoms with Crippen LogP contribution in [0.4, 0.5) is 26.3 Å². The minimum atomic E-state index is -4.96. The van der Waals surface area contributed by atoms with Gasteiger partial charge in [-0.25, -0.2) is 0 Å². The van der Waals surface area contributed by atoms with Crippen molar-refractivity contribution in [2.75, 3.05) is 19.8 Å². The van der Waals surface area contributed by atoms with Gasteiger partial charge in [-0.15, -0.1) is 0 Å². The fourth-order valence-electron chi connectivity index (χ4n) is 4.85. The highest BCUT2D eigenvalue weighted by atomic mass is 19.4. The number of benzene rings is 2. The first kappa shape index (κ1) is 28.1. The second kappa shape index (κ2) is 10.4. The molecule has 0 saturated carbocycles. The number of aliphatic hydroxyl groups is 2. The number of halogens is 6. The maximum Gasteiger partial charge on any atom is 0.416 e. The van der Waals surface area contributed by atoms with E-state index < -0.39 is 47.0 Å². The fourth-order valence-corrected chi connectivity index (χ4v) is 4.85. The third kappa shape index (κ3) is 5.60. The summed E-state index contributed by atoms with van der Waals surface area (Å²) in [5.41, 5.74) is -1.53. The first-order valence-corrected chi connectivity index (χ1v) is 11.9. The number of ether oxygens (including phenoxy) is 1. The Morgan fingerprint density at radius 3 is 2.16 bits per heavy atom. The number of aliphatic hydroxyl groups excluding tert-OH is 2. The molecule has 2 aromatic rings. The van der Waals surface area contributed by atoms with E-state index >= 15 is 0 Å². The summed E-state index contributed by atoms with van der Waals surface area (Å²) in [5.74, 6) is 0. The topological polar surface area (TPSA) is 89.4 Å². The molecule has 7 nitrogen and oxygen atoms in total. The molecule has 4 atom stereocenters. The summed E-state index contributed by atoms with van der Waals surface area (Å²) >= 11 is 0. The molecule has 13 heteroatoms. The largest absolute Gasteiger partial charge is 0.416 e. The molecule has 1 saturated heterocycles. The van der Waals surface area contributed by atoms with Crippen molar-refractivity contribution in [1.29, 1.82) is 0 Å². The molecular formula is C25H28F6N4O3. The second-order valence-corrected chi connectivity index (χ2v) is 9.63. The van der Waals surface area contributed by atoms with Crippen molar-refractivity contribution in [2.45, 2.75) is 55.7 Å². The number of rotatable bonds is 7. The van der Waals surface area contributed by atoms with Crippen molar-refractivity contribution < 1.29 is 41.3 Å². The van der Waals surface area contributed by atoms with Crippen LogP contribution in [0.2, 0.25) is 0 Å². The van der Waals surface area contributed by atoms with Crippen molar-refractivity contribution >= 4 is 6.34 Å². The van der Waals surface area contributed by atoms with E-state index in [2.05, 4.69) is 15.8 Å². The Morgan fingerprint density at radius 2 is 1.68 bits per heavy atom. The molecule has 4 rings (SSSR count). The smallest absolute Gasteiger partial charge is 0.394 e. The quantitative estimate of drug-likeness (QED) is 0.394. The fraction of sp³-hybridized carbons (Fsp3) is 0.480. The van der Waals surface area contributed by atoms with Gasteiger partial charge in [0.2, 0.25) is 6.35 Å². The van der Waals surface area contributed by atoms with Gasteiger partial charge in [0.15, 0.2) is 0 Å². The van der Waals surface area contributed by atoms with Gasteiger partial charge >= 0.3 is 12.4 Å². The lowest BCUT2D eigenvalue weighted by atomic mass is 9.76. The van der Waals surface area contributed by atoms with Crippen molar-refractivity contribution in [1.82, 2.24) is 15.6 Å². The van der Waals surface area contributed by atoms with E-state index in [0.29, 0.717) is 25.0 Å². The molecule has 0 amide bonds. The Balaban J connectivity index is 1.59. The van der Waals surface area contributed by atoms with E-state index in [1.54, 1.807) is 12.1 Å². The van der Waals surface area contributed by atoms with Gasteiger partial charge in [-0.1, -0.05) is 30.3 Å². The van der Waals surface area contributed by atoms with Gasteiger partial charge in [0.05, 0.1) is 41.5 Å². The summed E-state index contributed by atoms with van der Waals surface area (Å²) in [7, 11) is 0. The highest BCUT2D eigenvalue weighted by molar-refractivity contribution is 5.58. The predicted octanol–water partition coefficient (Wildman–Crippen LogP) is 3.94. The van der Waals surface area contributed by atoms with Crippen LogP contribution in [0.1, 0.15) is 48.1 Å². The van der Waals surface area contributed by atoms with Gasteiger partial charge in [0.1, 0.15) is 6.34 Å². The van der Waals surface area contributed by atoms with Crippen LogP contribution in [0, 0.1) is 0 Å². The molecule has 2 aromatic carbocycles. The van der Waals surface area contributed by atoms with Gasteiger partial charge in [-0.2, -0.15) is 31.4 Å². The number of hydrogen-bond acceptors (Lipinski definition) is 7. The summed E-state index contributed by atoms with van der Waals surface area (Å²) in [5, 5.41) is 27.6. The van der Waals surface area contributed by atoms with Crippen LogP contribution in [-0.2, 0) is 22.6 Å². The maximum atomic E-state index is 13.3. The highest BCUT2D eigenvalue weighted by Crippen LogP contribution is 2.40. The van der Waals surface area contributed by atoms with Gasteiger partial charge in [-0.3, -0.25) is 5.43 Å². The lowest BCUT2D eigenvalue weighted by Gasteiger charge is -2.50. The first-order chi connectivity index (χ1) is 17.8. The molecule has 2 aliphatic rings. The first-order valence-electron chi connectivity index (χ1n) is 11.9. The van der Waals surface area contributed by atoms with E-state index in [4.69, 9.17) is 4.74 Å². The van der Waals surface area contributed by atoms with Gasteiger partial charge in [0.25, 0.3) is 0 Å². The number of hydrogen-bond donors (Lipinski definition) is 4. The average Bonchev–Trinajstić information content (AvgIpc) is 3.33. The molecule has 1 unspecified atom stereocenters. The Bertz CT molecular complexity index is 1100. The molecular weight excluding hydrogens is 518 g/mol. The van der Waals surface area contributed by atoms with Gasteiger partial charge in [-0.05, 0) is 49.1 Å². The van der Waals surface area contributed by atoms with Crippen LogP contribution >= 0.6 is 0 Å². The molecule has 4 N–H and O–H groups in total. The van der Waals surface area contributed by atoms with Crippen LogP contribution in [0.15, 0.2) is 53.6 Å². The summed E-state index contributed by atoms with van der Waals surface area (Å²) in [6.45, 7) is 1.20. The second-order valence-electron chi connectivity index (χ2n) is 9.63. The third-order valence-corrected chi connectivity index (χ3v) is 7.24. The Hall–Kier alpha value is -2.87. The summed E-state index contributed by atoms with van der Waals surface area (Å²) in [4.78, 5) is 1.50. The number of alkyl halides is 6. The molecule has 0 radical (unpaired) electrons. The van der Waals surface area contributed by atoms with Crippen molar-refractivity contribution in [3.8, 4) is 0 Å². The van der Waals surface area contributed by atoms with E-state index in [1.165, 1.54) is 18.2 Å². The van der Waals surface area contributed by atoms with Crippen LogP contribution in [0.3, 0.4) is 0 Å². The molecule has 0 bridgehead atoms. The van der Waals surface area contributed by atoms with E-state index in [-0.39, 0.29) is 31.4 Å². The summed E-state index contributed by atoms with van der Waals surface area (Å²) < 4.78 is 86.0. The minimum Gasteiger partial charge on any atom is -0.394 e. The summed E-state index contributed by atoms with van der Waals surface area (Å²) in [6.07, 6.45) is -10.0. The number of hydrazone groups is 1. The molecule has 208 valence electrons. The van der Waals surface area contributed by atoms with E-state index in [0.717, 1.165) is 5.56 Å². The highest BCUT2D eigenvalue weighted by Gasteiger charge is 2.48. The van der Waals surface area contributed by atoms with Crippen molar-refractivity contribution in [3.05, 3.63) is 70.8 Å². The molecule has 0 aliphatic carbocycles. The molecule has 0 aromatic heterocycles. The standard InChI is InChI=1S/C25H28F6N4O3/c1-16(17-9-19(24(26,27)28)11-20(10-17)25(29,30)31)38-14-23(18-5-3-2-4-6-18)8-7-22(13-36,12-32-23)35-15-33-34-21(35)37/h2-6,9-11,15-16,21,32,34,36-37H,7-8,12-14H2,1H3/t16-,21?,22-,23-/m1/s1. The maximum absolute atomic E-state index is 13.3. The van der Waals surface area contributed by atoms with Crippen LogP contribution in [-0.4, -0.2) is 53.1 Å². The monoisotopic (exact) mass is 546 g/mol. The summed E-state index contributed by atoms with van der Waals surface area (Å²) in [6, 6.07) is 10.5. The van der Waals surface area contributed by atoms with Crippen LogP contribution in [0.5, 0.6) is 0 Å². The van der Waals surface area contributed by atoms with Crippen molar-refractivity contribution in [3.63, 3.8) is 0 Å². The normalized spacial score (nSPS) is 26.9. The Labute approximate surface area is 215 Å². The van der Waals surface area contributed by atoms with Gasteiger partial charge < -0.3 is 25.2 Å². The Kier molecular flexibility index (Phi) is 7.67. The zero-order valence-electron chi connectivity index (χ0n) is 20.4. The molecule has 2 aliphatic heterocycles. The number of nitrogens with zero attached hydrogens (tertiary/aromatic N) is 2. The number of nitrogens with one attached hydrogen (secondary N) is 2. The molecule has 2 heterocycles. The predicted molar refractivity (Wildman–Crippen MR) is 125 cm³/mol. The van der Waals surface area contributed by atoms with E-state index in [1.807, 2.05) is 18.2 Å². The average molecular weight is 547 g/mol. The Morgan fingerprint density at radius 1 is 1.05 bits per heavy atom. The molecule has 0 spiro atoms.